The van der Waals surface area contributed by atoms with Gasteiger partial charge in [-0.05, 0) is 12.1 Å². The molecule has 16 heavy (non-hydrogen) atoms. The molecule has 82 valence electrons. The molecule has 5 nitrogen and oxygen atoms in total. The first kappa shape index (κ1) is 10.2. The smallest absolute Gasteiger partial charge is 0.379 e. The molecule has 0 bridgehead atoms. The number of carboxylic acid groups (broad SMARTS) is 1. The van der Waals surface area contributed by atoms with Crippen LogP contribution in [0.15, 0.2) is 39.5 Å². The number of rotatable bonds is 3. The summed E-state index contributed by atoms with van der Waals surface area (Å²) in [5.41, 5.74) is -0.241. The van der Waals surface area contributed by atoms with Crippen LogP contribution in [0.2, 0.25) is 0 Å². The van der Waals surface area contributed by atoms with Gasteiger partial charge in [-0.2, -0.15) is 0 Å². The number of carbonyl (C=O) groups is 1. The Hall–Kier alpha value is -2.30. The first-order chi connectivity index (χ1) is 7.66. The molecule has 0 saturated carbocycles. The van der Waals surface area contributed by atoms with Gasteiger partial charge >= 0.3 is 11.6 Å². The average Bonchev–Trinajstić information content (AvgIpc) is 2.26. The fraction of sp³-hybridized carbons (Fsp3) is 0.0909. The first-order valence-electron chi connectivity index (χ1n) is 4.54. The summed E-state index contributed by atoms with van der Waals surface area (Å²) in [6.07, 6.45) is 0. The minimum atomic E-state index is -1.15. The Kier molecular flexibility index (Phi) is 2.59. The Balaban J connectivity index is 2.42. The van der Waals surface area contributed by atoms with E-state index in [0.717, 1.165) is 0 Å². The van der Waals surface area contributed by atoms with Crippen LogP contribution in [0.25, 0.3) is 11.0 Å². The zero-order valence-corrected chi connectivity index (χ0v) is 8.17. The zero-order valence-electron chi connectivity index (χ0n) is 8.17. The molecule has 0 fully saturated rings. The van der Waals surface area contributed by atoms with Crippen molar-refractivity contribution in [3.05, 3.63) is 40.8 Å². The first-order valence-corrected chi connectivity index (χ1v) is 4.54. The molecule has 1 aromatic carbocycles. The van der Waals surface area contributed by atoms with Gasteiger partial charge in [-0.1, -0.05) is 18.2 Å². The number of benzene rings is 1. The molecule has 1 heterocycles. The predicted octanol–water partition coefficient (Wildman–Crippen LogP) is 1.26. The van der Waals surface area contributed by atoms with Crippen LogP contribution in [0.3, 0.4) is 0 Å². The van der Waals surface area contributed by atoms with Gasteiger partial charge in [0, 0.05) is 5.39 Å². The van der Waals surface area contributed by atoms with Crippen LogP contribution in [0.1, 0.15) is 0 Å². The maximum atomic E-state index is 11.4. The molecule has 1 aromatic heterocycles. The SMILES string of the molecule is O=C(O)COc1cc2ccccc2oc1=O. The lowest BCUT2D eigenvalue weighted by Gasteiger charge is -2.02. The summed E-state index contributed by atoms with van der Waals surface area (Å²) in [7, 11) is 0. The summed E-state index contributed by atoms with van der Waals surface area (Å²) in [6, 6.07) is 8.38. The molecule has 0 aliphatic carbocycles. The largest absolute Gasteiger partial charge is 0.479 e. The Morgan fingerprint density at radius 1 is 1.38 bits per heavy atom. The predicted molar refractivity (Wildman–Crippen MR) is 55.6 cm³/mol. The normalized spacial score (nSPS) is 10.2. The van der Waals surface area contributed by atoms with Crippen LogP contribution in [0.4, 0.5) is 0 Å². The van der Waals surface area contributed by atoms with Crippen molar-refractivity contribution in [2.24, 2.45) is 0 Å². The van der Waals surface area contributed by atoms with Crippen LogP contribution in [-0.2, 0) is 4.79 Å². The summed E-state index contributed by atoms with van der Waals surface area (Å²) >= 11 is 0. The van der Waals surface area contributed by atoms with Gasteiger partial charge in [-0.3, -0.25) is 0 Å². The maximum absolute atomic E-state index is 11.4. The van der Waals surface area contributed by atoms with E-state index < -0.39 is 18.2 Å². The Bertz CT molecular complexity index is 584. The van der Waals surface area contributed by atoms with Gasteiger partial charge in [-0.15, -0.1) is 0 Å². The standard InChI is InChI=1S/C11H8O5/c12-10(13)6-15-9-5-7-3-1-2-4-8(7)16-11(9)14/h1-5H,6H2,(H,12,13). The van der Waals surface area contributed by atoms with E-state index in [1.807, 2.05) is 0 Å². The van der Waals surface area contributed by atoms with Gasteiger partial charge in [0.15, 0.2) is 6.61 Å². The maximum Gasteiger partial charge on any atom is 0.379 e. The van der Waals surface area contributed by atoms with Crippen LogP contribution in [-0.4, -0.2) is 17.7 Å². The molecule has 0 aliphatic heterocycles. The van der Waals surface area contributed by atoms with Crippen LogP contribution < -0.4 is 10.4 Å². The lowest BCUT2D eigenvalue weighted by molar-refractivity contribution is -0.139. The molecule has 0 amide bonds. The number of carboxylic acids is 1. The molecule has 2 aromatic rings. The summed E-state index contributed by atoms with van der Waals surface area (Å²) in [4.78, 5) is 21.7. The summed E-state index contributed by atoms with van der Waals surface area (Å²) < 4.78 is 9.75. The van der Waals surface area contributed by atoms with Crippen molar-refractivity contribution < 1.29 is 19.1 Å². The third-order valence-electron chi connectivity index (χ3n) is 1.96. The molecule has 0 radical (unpaired) electrons. The number of aliphatic carboxylic acids is 1. The quantitative estimate of drug-likeness (QED) is 0.788. The van der Waals surface area contributed by atoms with Crippen molar-refractivity contribution in [3.8, 4) is 5.75 Å². The van der Waals surface area contributed by atoms with Crippen molar-refractivity contribution in [2.45, 2.75) is 0 Å². The fourth-order valence-electron chi connectivity index (χ4n) is 1.28. The number of ether oxygens (including phenoxy) is 1. The van der Waals surface area contributed by atoms with Gasteiger partial charge in [0.25, 0.3) is 0 Å². The summed E-state index contributed by atoms with van der Waals surface area (Å²) in [5.74, 6) is -1.24. The average molecular weight is 220 g/mol. The number of hydrogen-bond acceptors (Lipinski definition) is 4. The highest BCUT2D eigenvalue weighted by molar-refractivity contribution is 5.77. The second-order valence-electron chi connectivity index (χ2n) is 3.12. The van der Waals surface area contributed by atoms with E-state index in [1.54, 1.807) is 24.3 Å². The minimum absolute atomic E-state index is 0.0962. The van der Waals surface area contributed by atoms with Crippen molar-refractivity contribution in [1.29, 1.82) is 0 Å². The molecular weight excluding hydrogens is 212 g/mol. The van der Waals surface area contributed by atoms with E-state index >= 15 is 0 Å². The van der Waals surface area contributed by atoms with Gasteiger partial charge in [0.1, 0.15) is 5.58 Å². The highest BCUT2D eigenvalue weighted by Crippen LogP contribution is 2.16. The van der Waals surface area contributed by atoms with E-state index in [9.17, 15) is 9.59 Å². The number of para-hydroxylation sites is 1. The highest BCUT2D eigenvalue weighted by atomic mass is 16.5. The Morgan fingerprint density at radius 2 is 2.12 bits per heavy atom. The second-order valence-corrected chi connectivity index (χ2v) is 3.12. The molecular formula is C11H8O5. The molecule has 2 rings (SSSR count). The lowest BCUT2D eigenvalue weighted by Crippen LogP contribution is -2.14. The van der Waals surface area contributed by atoms with Crippen molar-refractivity contribution in [1.82, 2.24) is 0 Å². The monoisotopic (exact) mass is 220 g/mol. The molecule has 0 spiro atoms. The van der Waals surface area contributed by atoms with E-state index in [0.29, 0.717) is 11.0 Å². The minimum Gasteiger partial charge on any atom is -0.479 e. The number of hydrogen-bond donors (Lipinski definition) is 1. The molecule has 0 saturated heterocycles. The lowest BCUT2D eigenvalue weighted by atomic mass is 10.2. The molecule has 0 aliphatic rings. The van der Waals surface area contributed by atoms with Crippen LogP contribution in [0, 0.1) is 0 Å². The van der Waals surface area contributed by atoms with Gasteiger partial charge in [0.05, 0.1) is 0 Å². The van der Waals surface area contributed by atoms with Crippen molar-refractivity contribution in [3.63, 3.8) is 0 Å². The van der Waals surface area contributed by atoms with Gasteiger partial charge in [-0.25, -0.2) is 9.59 Å². The van der Waals surface area contributed by atoms with Crippen molar-refractivity contribution >= 4 is 16.9 Å². The molecule has 0 unspecified atom stereocenters. The Morgan fingerprint density at radius 3 is 2.88 bits per heavy atom. The fourth-order valence-corrected chi connectivity index (χ4v) is 1.28. The summed E-state index contributed by atoms with van der Waals surface area (Å²) in [6.45, 7) is -0.566. The van der Waals surface area contributed by atoms with E-state index in [-0.39, 0.29) is 5.75 Å². The topological polar surface area (TPSA) is 76.7 Å². The Labute approximate surface area is 89.9 Å². The summed E-state index contributed by atoms with van der Waals surface area (Å²) in [5, 5.41) is 9.10. The van der Waals surface area contributed by atoms with E-state index in [1.165, 1.54) is 6.07 Å². The third-order valence-corrected chi connectivity index (χ3v) is 1.96. The van der Waals surface area contributed by atoms with Crippen LogP contribution in [0.5, 0.6) is 5.75 Å². The number of fused-ring (bicyclic) bond motifs is 1. The van der Waals surface area contributed by atoms with E-state index in [2.05, 4.69) is 0 Å². The zero-order chi connectivity index (χ0) is 11.5. The van der Waals surface area contributed by atoms with Crippen molar-refractivity contribution in [2.75, 3.05) is 6.61 Å². The molecule has 5 heteroatoms. The van der Waals surface area contributed by atoms with E-state index in [4.69, 9.17) is 14.3 Å². The highest BCUT2D eigenvalue weighted by Gasteiger charge is 2.07. The third kappa shape index (κ3) is 2.03. The van der Waals surface area contributed by atoms with Gasteiger partial charge < -0.3 is 14.3 Å². The second kappa shape index (κ2) is 4.06. The molecule has 0 atom stereocenters. The van der Waals surface area contributed by atoms with Gasteiger partial charge in [0.2, 0.25) is 5.75 Å². The van der Waals surface area contributed by atoms with Crippen LogP contribution >= 0.6 is 0 Å². The molecule has 1 N–H and O–H groups in total.